The van der Waals surface area contributed by atoms with Gasteiger partial charge in [-0.25, -0.2) is 0 Å². The van der Waals surface area contributed by atoms with Crippen LogP contribution in [0.25, 0.3) is 33.4 Å². The van der Waals surface area contributed by atoms with Crippen LogP contribution in [-0.2, 0) is 18.6 Å². The molecule has 44 heavy (non-hydrogen) atoms. The van der Waals surface area contributed by atoms with Gasteiger partial charge in [-0.2, -0.15) is 0 Å². The molecule has 2 aliphatic carbocycles. The minimum atomic E-state index is -0.432. The van der Waals surface area contributed by atoms with Gasteiger partial charge in [0.1, 0.15) is 0 Å². The van der Waals surface area contributed by atoms with Crippen LogP contribution in [0.1, 0.15) is 77.6 Å². The van der Waals surface area contributed by atoms with Crippen LogP contribution in [0.3, 0.4) is 0 Å². The fraction of sp³-hybridized carbons (Fsp3) is 0.316. The lowest BCUT2D eigenvalue weighted by atomic mass is 9.76. The average Bonchev–Trinajstić information content (AvgIpc) is 3.61. The van der Waals surface area contributed by atoms with Gasteiger partial charge in [-0.3, -0.25) is 0 Å². The van der Waals surface area contributed by atoms with Crippen LogP contribution in [0.4, 0.5) is 0 Å². The van der Waals surface area contributed by atoms with E-state index >= 15 is 0 Å². The molecule has 4 nitrogen and oxygen atoms in total. The van der Waals surface area contributed by atoms with E-state index in [2.05, 4.69) is 140 Å². The molecule has 2 aliphatic heterocycles. The van der Waals surface area contributed by atoms with Crippen molar-refractivity contribution in [1.82, 2.24) is 0 Å². The third-order valence-electron chi connectivity index (χ3n) is 10.9. The number of fused-ring (bicyclic) bond motifs is 6. The van der Waals surface area contributed by atoms with E-state index in [1.54, 1.807) is 0 Å². The first-order valence-electron chi connectivity index (χ1n) is 15.7. The monoisotopic (exact) mass is 580 g/mol. The number of rotatable bonds is 2. The highest BCUT2D eigenvalue weighted by Crippen LogP contribution is 2.54. The Labute approximate surface area is 261 Å². The molecule has 2 fully saturated rings. The summed E-state index contributed by atoms with van der Waals surface area (Å²) >= 11 is 0. The lowest BCUT2D eigenvalue weighted by Crippen LogP contribution is -2.41. The molecule has 4 aromatic carbocycles. The van der Waals surface area contributed by atoms with Gasteiger partial charge in [0.05, 0.1) is 22.4 Å². The number of hydrogen-bond donors (Lipinski definition) is 0. The largest absolute Gasteiger partial charge is 0.494 e. The predicted molar refractivity (Wildman–Crippen MR) is 180 cm³/mol. The molecular formula is C38H38B2O4. The van der Waals surface area contributed by atoms with Crippen molar-refractivity contribution in [2.24, 2.45) is 0 Å². The fourth-order valence-corrected chi connectivity index (χ4v) is 6.96. The first-order valence-corrected chi connectivity index (χ1v) is 15.7. The second-order valence-corrected chi connectivity index (χ2v) is 14.6. The zero-order valence-electron chi connectivity index (χ0n) is 26.9. The van der Waals surface area contributed by atoms with Crippen LogP contribution in [-0.4, -0.2) is 36.6 Å². The summed E-state index contributed by atoms with van der Waals surface area (Å²) in [5.74, 6) is 0. The fourth-order valence-electron chi connectivity index (χ4n) is 6.96. The maximum atomic E-state index is 6.50. The van der Waals surface area contributed by atoms with Crippen molar-refractivity contribution in [2.75, 3.05) is 0 Å². The Kier molecular flexibility index (Phi) is 5.80. The number of benzene rings is 4. The summed E-state index contributed by atoms with van der Waals surface area (Å²) in [7, 11) is -0.864. The van der Waals surface area contributed by atoms with Crippen LogP contribution in [0.2, 0.25) is 0 Å². The first-order chi connectivity index (χ1) is 20.8. The highest BCUT2D eigenvalue weighted by Gasteiger charge is 2.53. The van der Waals surface area contributed by atoms with E-state index in [0.717, 1.165) is 10.9 Å². The molecule has 0 saturated carbocycles. The van der Waals surface area contributed by atoms with Gasteiger partial charge >= 0.3 is 14.2 Å². The molecule has 2 saturated heterocycles. The summed E-state index contributed by atoms with van der Waals surface area (Å²) in [6.45, 7) is 16.8. The van der Waals surface area contributed by atoms with Crippen molar-refractivity contribution in [1.29, 1.82) is 0 Å². The zero-order valence-corrected chi connectivity index (χ0v) is 26.9. The van der Waals surface area contributed by atoms with E-state index in [1.807, 2.05) is 0 Å². The van der Waals surface area contributed by atoms with Crippen LogP contribution >= 0.6 is 0 Å². The van der Waals surface area contributed by atoms with Gasteiger partial charge < -0.3 is 18.6 Å². The molecule has 0 spiro atoms. The molecule has 0 amide bonds. The van der Waals surface area contributed by atoms with Crippen LogP contribution in [0, 0.1) is 0 Å². The molecule has 0 N–H and O–H groups in total. The molecular weight excluding hydrogens is 542 g/mol. The molecule has 2 heterocycles. The summed E-state index contributed by atoms with van der Waals surface area (Å²) in [4.78, 5) is 0. The molecule has 0 radical (unpaired) electrons. The second-order valence-electron chi connectivity index (χ2n) is 14.6. The van der Waals surface area contributed by atoms with Crippen LogP contribution < -0.4 is 10.9 Å². The van der Waals surface area contributed by atoms with Crippen molar-refractivity contribution in [3.8, 4) is 22.3 Å². The SMILES string of the molecule is CC1(C)OB(c2ccc3c(c2)/C(=C2\c4ccccc4-c4ccc(B5OC(C)(C)C(C)(C)O5)cc42)c2ccccc2-3)OC1(C)C. The Hall–Kier alpha value is -3.41. The van der Waals surface area contributed by atoms with Gasteiger partial charge in [0.15, 0.2) is 0 Å². The molecule has 0 unspecified atom stereocenters. The Morgan fingerprint density at radius 2 is 0.659 bits per heavy atom. The standard InChI is InChI=1S/C38H38B2O4/c1-35(2)36(3,4)42-39(41-35)23-17-19-27-25-13-9-11-15-29(25)33(31(27)21-23)34-30-16-12-10-14-26(30)28-20-18-24(22-32(28)34)40-43-37(5,6)38(7,8)44-40/h9-22H,1-8H3/b34-33+. The molecule has 6 heteroatoms. The first kappa shape index (κ1) is 28.1. The van der Waals surface area contributed by atoms with Crippen molar-refractivity contribution >= 4 is 36.3 Å². The van der Waals surface area contributed by atoms with Crippen LogP contribution in [0.15, 0.2) is 84.9 Å². The highest BCUT2D eigenvalue weighted by molar-refractivity contribution is 6.62. The molecule has 220 valence electrons. The third-order valence-corrected chi connectivity index (χ3v) is 10.9. The van der Waals surface area contributed by atoms with Crippen molar-refractivity contribution in [3.05, 3.63) is 107 Å². The topological polar surface area (TPSA) is 36.9 Å². The van der Waals surface area contributed by atoms with Gasteiger partial charge in [0, 0.05) is 0 Å². The Balaban J connectivity index is 1.34. The van der Waals surface area contributed by atoms with Crippen molar-refractivity contribution in [3.63, 3.8) is 0 Å². The molecule has 8 rings (SSSR count). The van der Waals surface area contributed by atoms with E-state index in [9.17, 15) is 0 Å². The average molecular weight is 580 g/mol. The number of hydrogen-bond acceptors (Lipinski definition) is 4. The highest BCUT2D eigenvalue weighted by atomic mass is 16.7. The third kappa shape index (κ3) is 3.88. The van der Waals surface area contributed by atoms with E-state index < -0.39 is 36.6 Å². The minimum Gasteiger partial charge on any atom is -0.399 e. The summed E-state index contributed by atoms with van der Waals surface area (Å²) in [5, 5.41) is 0. The van der Waals surface area contributed by atoms with E-state index in [1.165, 1.54) is 55.7 Å². The van der Waals surface area contributed by atoms with E-state index in [0.29, 0.717) is 0 Å². The summed E-state index contributed by atoms with van der Waals surface area (Å²) in [6.07, 6.45) is 0. The van der Waals surface area contributed by atoms with Crippen molar-refractivity contribution < 1.29 is 18.6 Å². The minimum absolute atomic E-state index is 0.409. The van der Waals surface area contributed by atoms with Crippen molar-refractivity contribution in [2.45, 2.75) is 77.8 Å². The molecule has 0 atom stereocenters. The smallest absolute Gasteiger partial charge is 0.399 e. The normalized spacial score (nSPS) is 23.0. The summed E-state index contributed by atoms with van der Waals surface area (Å²) < 4.78 is 26.0. The molecule has 4 aromatic rings. The lowest BCUT2D eigenvalue weighted by molar-refractivity contribution is 0.00578. The Morgan fingerprint density at radius 3 is 1.00 bits per heavy atom. The molecule has 0 bridgehead atoms. The Morgan fingerprint density at radius 1 is 0.364 bits per heavy atom. The van der Waals surface area contributed by atoms with Gasteiger partial charge in [0.2, 0.25) is 0 Å². The van der Waals surface area contributed by atoms with Gasteiger partial charge in [0.25, 0.3) is 0 Å². The molecule has 0 aromatic heterocycles. The summed E-state index contributed by atoms with van der Waals surface area (Å²) in [5.41, 5.74) is 12.8. The molecule has 4 aliphatic rings. The van der Waals surface area contributed by atoms with Gasteiger partial charge in [-0.15, -0.1) is 0 Å². The quantitative estimate of drug-likeness (QED) is 0.202. The second kappa shape index (κ2) is 9.08. The lowest BCUT2D eigenvalue weighted by Gasteiger charge is -2.32. The Bertz CT molecular complexity index is 1730. The summed E-state index contributed by atoms with van der Waals surface area (Å²) in [6, 6.07) is 30.9. The van der Waals surface area contributed by atoms with Gasteiger partial charge in [-0.1, -0.05) is 84.9 Å². The van der Waals surface area contributed by atoms with Crippen LogP contribution in [0.5, 0.6) is 0 Å². The predicted octanol–water partition coefficient (Wildman–Crippen LogP) is 7.25. The maximum absolute atomic E-state index is 6.50. The maximum Gasteiger partial charge on any atom is 0.494 e. The zero-order chi connectivity index (χ0) is 30.8. The van der Waals surface area contributed by atoms with E-state index in [-0.39, 0.29) is 0 Å². The van der Waals surface area contributed by atoms with Gasteiger partial charge in [-0.05, 0) is 122 Å². The van der Waals surface area contributed by atoms with E-state index in [4.69, 9.17) is 18.6 Å².